The molecule has 1 aliphatic heterocycles. The lowest BCUT2D eigenvalue weighted by Gasteiger charge is -2.08. The monoisotopic (exact) mass is 243 g/mol. The molecule has 1 aromatic carbocycles. The molecule has 3 nitrogen and oxygen atoms in total. The summed E-state index contributed by atoms with van der Waals surface area (Å²) in [4.78, 5) is 1.31. The first-order chi connectivity index (χ1) is 6.89. The number of hydrogen-bond acceptors (Lipinski definition) is 3. The molecule has 0 saturated heterocycles. The van der Waals surface area contributed by atoms with Gasteiger partial charge >= 0.3 is 0 Å². The van der Waals surface area contributed by atoms with Crippen LogP contribution < -0.4 is 5.14 Å². The maximum Gasteiger partial charge on any atom is 0.238 e. The second kappa shape index (κ2) is 3.50. The number of rotatable bonds is 1. The van der Waals surface area contributed by atoms with Crippen LogP contribution in [0.3, 0.4) is 0 Å². The largest absolute Gasteiger partial charge is 0.238 e. The van der Waals surface area contributed by atoms with Crippen LogP contribution in [-0.4, -0.2) is 14.2 Å². The van der Waals surface area contributed by atoms with Crippen LogP contribution in [-0.2, 0) is 10.0 Å². The van der Waals surface area contributed by atoms with Crippen molar-refractivity contribution in [1.82, 2.24) is 0 Å². The van der Waals surface area contributed by atoms with E-state index in [1.807, 2.05) is 6.07 Å². The Morgan fingerprint density at radius 2 is 2.13 bits per heavy atom. The molecule has 1 atom stereocenters. The molecule has 1 aromatic rings. The first-order valence-corrected chi connectivity index (χ1v) is 7.23. The number of nitrogens with two attached hydrogens (primary N) is 1. The van der Waals surface area contributed by atoms with Gasteiger partial charge in [-0.1, -0.05) is 13.0 Å². The van der Waals surface area contributed by atoms with Crippen molar-refractivity contribution < 1.29 is 8.42 Å². The van der Waals surface area contributed by atoms with Gasteiger partial charge in [-0.05, 0) is 30.0 Å². The van der Waals surface area contributed by atoms with Crippen molar-refractivity contribution in [3.8, 4) is 0 Å². The predicted octanol–water partition coefficient (Wildman–Crippen LogP) is 1.85. The molecule has 1 heterocycles. The van der Waals surface area contributed by atoms with Gasteiger partial charge in [0.1, 0.15) is 0 Å². The van der Waals surface area contributed by atoms with Crippen LogP contribution in [0.5, 0.6) is 0 Å². The van der Waals surface area contributed by atoms with Gasteiger partial charge in [0.05, 0.1) is 4.90 Å². The van der Waals surface area contributed by atoms with Gasteiger partial charge in [-0.25, -0.2) is 13.6 Å². The number of benzene rings is 1. The number of aryl methyl sites for hydroxylation is 1. The maximum absolute atomic E-state index is 11.3. The Bertz CT molecular complexity index is 508. The summed E-state index contributed by atoms with van der Waals surface area (Å²) in [7, 11) is -3.59. The topological polar surface area (TPSA) is 60.2 Å². The van der Waals surface area contributed by atoms with Crippen LogP contribution in [0.1, 0.15) is 24.0 Å². The molecule has 0 spiro atoms. The van der Waals surface area contributed by atoms with Crippen LogP contribution in [0.2, 0.25) is 0 Å². The van der Waals surface area contributed by atoms with Gasteiger partial charge in [-0.2, -0.15) is 0 Å². The minimum Gasteiger partial charge on any atom is -0.225 e. The summed E-state index contributed by atoms with van der Waals surface area (Å²) in [6.07, 6.45) is 0. The molecular weight excluding hydrogens is 230 g/mol. The van der Waals surface area contributed by atoms with E-state index in [-0.39, 0.29) is 4.90 Å². The van der Waals surface area contributed by atoms with Gasteiger partial charge in [0, 0.05) is 10.6 Å². The first-order valence-electron chi connectivity index (χ1n) is 4.69. The van der Waals surface area contributed by atoms with Crippen molar-refractivity contribution >= 4 is 21.8 Å². The van der Waals surface area contributed by atoms with Crippen LogP contribution in [0.4, 0.5) is 0 Å². The predicted molar refractivity (Wildman–Crippen MR) is 61.7 cm³/mol. The minimum absolute atomic E-state index is 0.253. The molecule has 0 radical (unpaired) electrons. The Kier molecular flexibility index (Phi) is 2.56. The molecule has 0 fully saturated rings. The van der Waals surface area contributed by atoms with Crippen molar-refractivity contribution in [3.63, 3.8) is 0 Å². The molecule has 0 aliphatic carbocycles. The Balaban J connectivity index is 2.64. The normalized spacial score (nSPS) is 20.3. The fraction of sp³-hybridized carbons (Fsp3) is 0.400. The summed E-state index contributed by atoms with van der Waals surface area (Å²) in [6.45, 7) is 3.94. The highest BCUT2D eigenvalue weighted by Crippen LogP contribution is 2.41. The molecule has 5 heteroatoms. The number of sulfonamides is 1. The van der Waals surface area contributed by atoms with Crippen molar-refractivity contribution in [3.05, 3.63) is 23.3 Å². The summed E-state index contributed by atoms with van der Waals surface area (Å²) >= 11 is 1.69. The third kappa shape index (κ3) is 1.91. The summed E-state index contributed by atoms with van der Waals surface area (Å²) in [5, 5.41) is 5.15. The van der Waals surface area contributed by atoms with E-state index < -0.39 is 10.0 Å². The zero-order valence-electron chi connectivity index (χ0n) is 8.65. The van der Waals surface area contributed by atoms with Crippen LogP contribution in [0.15, 0.2) is 21.9 Å². The molecule has 2 N–H and O–H groups in total. The molecule has 0 saturated carbocycles. The quantitative estimate of drug-likeness (QED) is 0.819. The Hall–Kier alpha value is -0.520. The lowest BCUT2D eigenvalue weighted by atomic mass is 10.0. The zero-order chi connectivity index (χ0) is 11.2. The number of primary sulfonamides is 1. The van der Waals surface area contributed by atoms with Gasteiger partial charge in [0.15, 0.2) is 0 Å². The molecular formula is C10H13NO2S2. The molecule has 82 valence electrons. The Morgan fingerprint density at radius 3 is 2.73 bits per heavy atom. The molecule has 2 rings (SSSR count). The molecule has 0 bridgehead atoms. The average molecular weight is 243 g/mol. The van der Waals surface area contributed by atoms with Crippen LogP contribution >= 0.6 is 11.8 Å². The van der Waals surface area contributed by atoms with E-state index >= 15 is 0 Å². The van der Waals surface area contributed by atoms with E-state index in [1.54, 1.807) is 24.8 Å². The van der Waals surface area contributed by atoms with Gasteiger partial charge in [0.25, 0.3) is 0 Å². The van der Waals surface area contributed by atoms with E-state index in [0.29, 0.717) is 5.92 Å². The van der Waals surface area contributed by atoms with Crippen molar-refractivity contribution in [1.29, 1.82) is 0 Å². The Labute approximate surface area is 94.1 Å². The second-order valence-corrected chi connectivity index (χ2v) is 6.50. The van der Waals surface area contributed by atoms with E-state index in [0.717, 1.165) is 16.2 Å². The van der Waals surface area contributed by atoms with Gasteiger partial charge in [-0.15, -0.1) is 11.8 Å². The number of hydrogen-bond donors (Lipinski definition) is 1. The number of fused-ring (bicyclic) bond motifs is 1. The molecule has 1 aliphatic rings. The molecule has 1 unspecified atom stereocenters. The van der Waals surface area contributed by atoms with Gasteiger partial charge in [0.2, 0.25) is 10.0 Å². The number of thioether (sulfide) groups is 1. The van der Waals surface area contributed by atoms with Crippen LogP contribution in [0.25, 0.3) is 0 Å². The van der Waals surface area contributed by atoms with Crippen molar-refractivity contribution in [2.24, 2.45) is 5.14 Å². The Morgan fingerprint density at radius 1 is 1.47 bits per heavy atom. The third-order valence-corrected chi connectivity index (χ3v) is 5.02. The maximum atomic E-state index is 11.3. The van der Waals surface area contributed by atoms with Crippen molar-refractivity contribution in [2.75, 3.05) is 5.75 Å². The van der Waals surface area contributed by atoms with E-state index in [9.17, 15) is 8.42 Å². The highest BCUT2D eigenvalue weighted by molar-refractivity contribution is 7.99. The summed E-state index contributed by atoms with van der Waals surface area (Å²) in [5.74, 6) is 1.52. The van der Waals surface area contributed by atoms with Gasteiger partial charge < -0.3 is 0 Å². The fourth-order valence-electron chi connectivity index (χ4n) is 1.81. The zero-order valence-corrected chi connectivity index (χ0v) is 10.3. The summed E-state index contributed by atoms with van der Waals surface area (Å²) in [5.41, 5.74) is 1.98. The van der Waals surface area contributed by atoms with Crippen molar-refractivity contribution in [2.45, 2.75) is 29.6 Å². The SMILES string of the molecule is Cc1cc2c(cc1S(N)(=O)=O)SCC2C. The average Bonchev–Trinajstić information content (AvgIpc) is 2.45. The lowest BCUT2D eigenvalue weighted by molar-refractivity contribution is 0.597. The molecule has 0 aromatic heterocycles. The molecule has 0 amide bonds. The lowest BCUT2D eigenvalue weighted by Crippen LogP contribution is -2.14. The molecule has 15 heavy (non-hydrogen) atoms. The summed E-state index contributed by atoms with van der Waals surface area (Å²) < 4.78 is 22.6. The second-order valence-electron chi connectivity index (χ2n) is 3.91. The highest BCUT2D eigenvalue weighted by Gasteiger charge is 2.23. The minimum atomic E-state index is -3.59. The van der Waals surface area contributed by atoms with E-state index in [2.05, 4.69) is 6.92 Å². The smallest absolute Gasteiger partial charge is 0.225 e. The standard InChI is InChI=1S/C10H13NO2S2/c1-6-3-8-7(2)5-14-9(8)4-10(6)15(11,12)13/h3-4,7H,5H2,1-2H3,(H2,11,12,13). The summed E-state index contributed by atoms with van der Waals surface area (Å²) in [6, 6.07) is 3.65. The fourth-order valence-corrected chi connectivity index (χ4v) is 3.91. The van der Waals surface area contributed by atoms with E-state index in [1.165, 1.54) is 5.56 Å². The van der Waals surface area contributed by atoms with Gasteiger partial charge in [-0.3, -0.25) is 0 Å². The van der Waals surface area contributed by atoms with E-state index in [4.69, 9.17) is 5.14 Å². The third-order valence-electron chi connectivity index (χ3n) is 2.63. The highest BCUT2D eigenvalue weighted by atomic mass is 32.2. The first kappa shape index (κ1) is 11.0. The van der Waals surface area contributed by atoms with Crippen LogP contribution in [0, 0.1) is 6.92 Å².